The number of hydrogen-bond acceptors (Lipinski definition) is 4. The van der Waals surface area contributed by atoms with Gasteiger partial charge in [0.05, 0.1) is 4.90 Å². The predicted octanol–water partition coefficient (Wildman–Crippen LogP) is 4.08. The summed E-state index contributed by atoms with van der Waals surface area (Å²) in [6, 6.07) is 13.4. The molecule has 0 bridgehead atoms. The van der Waals surface area contributed by atoms with Crippen LogP contribution in [0.1, 0.15) is 31.6 Å². The lowest BCUT2D eigenvalue weighted by atomic mass is 9.95. The number of hydrogen-bond donors (Lipinski definition) is 1. The molecule has 1 atom stereocenters. The van der Waals surface area contributed by atoms with Crippen LogP contribution in [0.3, 0.4) is 0 Å². The van der Waals surface area contributed by atoms with Gasteiger partial charge in [0.25, 0.3) is 0 Å². The van der Waals surface area contributed by atoms with Crippen LogP contribution in [0.4, 0.5) is 5.69 Å². The Morgan fingerprint density at radius 2 is 1.57 bits per heavy atom. The Morgan fingerprint density at radius 1 is 1.04 bits per heavy atom. The lowest BCUT2D eigenvalue weighted by molar-refractivity contribution is -0.128. The molecule has 2 rings (SSSR count). The third-order valence-electron chi connectivity index (χ3n) is 4.43. The van der Waals surface area contributed by atoms with Crippen molar-refractivity contribution in [2.45, 2.75) is 30.9 Å². The van der Waals surface area contributed by atoms with Gasteiger partial charge in [0, 0.05) is 36.8 Å². The largest absolute Gasteiger partial charge is 0.378 e. The van der Waals surface area contributed by atoms with Crippen LogP contribution in [0.2, 0.25) is 5.02 Å². The number of anilines is 1. The van der Waals surface area contributed by atoms with Crippen molar-refractivity contribution in [2.75, 3.05) is 25.5 Å². The van der Waals surface area contributed by atoms with Crippen molar-refractivity contribution in [1.29, 1.82) is 0 Å². The Hall–Kier alpha value is -2.05. The van der Waals surface area contributed by atoms with E-state index in [0.29, 0.717) is 10.6 Å². The Balaban J connectivity index is 2.43. The van der Waals surface area contributed by atoms with E-state index in [1.165, 1.54) is 12.1 Å². The number of carbonyl (C=O) groups is 1. The van der Waals surface area contributed by atoms with E-state index >= 15 is 0 Å². The summed E-state index contributed by atoms with van der Waals surface area (Å²) >= 11 is 5.90. The molecule has 28 heavy (non-hydrogen) atoms. The number of nitrogens with one attached hydrogen (secondary N) is 1. The normalized spacial score (nSPS) is 13.1. The fourth-order valence-corrected chi connectivity index (χ4v) is 4.42. The average Bonchev–Trinajstić information content (AvgIpc) is 2.61. The molecular formula is C21H27ClN2O3S. The van der Waals surface area contributed by atoms with Gasteiger partial charge in [0.2, 0.25) is 5.91 Å². The maximum absolute atomic E-state index is 13.3. The van der Waals surface area contributed by atoms with E-state index in [4.69, 9.17) is 11.6 Å². The van der Waals surface area contributed by atoms with Gasteiger partial charge in [-0.2, -0.15) is 0 Å². The second-order valence-corrected chi connectivity index (χ2v) is 10.5. The fraction of sp³-hybridized carbons (Fsp3) is 0.381. The molecule has 1 amide bonds. The lowest BCUT2D eigenvalue weighted by Gasteiger charge is -2.23. The number of sulfone groups is 1. The zero-order chi connectivity index (χ0) is 21.1. The number of halogens is 1. The van der Waals surface area contributed by atoms with Gasteiger partial charge in [-0.3, -0.25) is 4.79 Å². The first kappa shape index (κ1) is 22.2. The summed E-state index contributed by atoms with van der Waals surface area (Å²) in [5, 5.41) is 2.35. The minimum Gasteiger partial charge on any atom is -0.378 e. The van der Waals surface area contributed by atoms with Crippen molar-refractivity contribution >= 4 is 33.0 Å². The van der Waals surface area contributed by atoms with E-state index in [1.807, 2.05) is 31.1 Å². The molecule has 5 nitrogen and oxygen atoms in total. The minimum absolute atomic E-state index is 0.0115. The molecule has 2 aromatic carbocycles. The summed E-state index contributed by atoms with van der Waals surface area (Å²) in [4.78, 5) is 14.4. The number of amides is 1. The second kappa shape index (κ2) is 8.53. The van der Waals surface area contributed by atoms with Gasteiger partial charge >= 0.3 is 0 Å². The number of carbonyl (C=O) groups excluding carboxylic acids is 1. The topological polar surface area (TPSA) is 66.5 Å². The first-order valence-electron chi connectivity index (χ1n) is 8.98. The summed E-state index contributed by atoms with van der Waals surface area (Å²) < 4.78 is 26.6. The molecule has 152 valence electrons. The van der Waals surface area contributed by atoms with Crippen molar-refractivity contribution in [3.8, 4) is 0 Å². The molecule has 0 aromatic heterocycles. The maximum atomic E-state index is 13.3. The zero-order valence-electron chi connectivity index (χ0n) is 16.9. The molecule has 0 aliphatic heterocycles. The van der Waals surface area contributed by atoms with Gasteiger partial charge in [-0.05, 0) is 42.0 Å². The Labute approximate surface area is 172 Å². The van der Waals surface area contributed by atoms with Crippen LogP contribution >= 0.6 is 11.6 Å². The highest BCUT2D eigenvalue weighted by atomic mass is 35.5. The van der Waals surface area contributed by atoms with Crippen molar-refractivity contribution in [3.63, 3.8) is 0 Å². The number of benzene rings is 2. The van der Waals surface area contributed by atoms with Crippen molar-refractivity contribution in [1.82, 2.24) is 5.32 Å². The van der Waals surface area contributed by atoms with Gasteiger partial charge in [-0.25, -0.2) is 8.42 Å². The van der Waals surface area contributed by atoms with Gasteiger partial charge in [0.1, 0.15) is 5.25 Å². The van der Waals surface area contributed by atoms with Crippen molar-refractivity contribution in [2.24, 2.45) is 5.41 Å². The zero-order valence-corrected chi connectivity index (χ0v) is 18.4. The van der Waals surface area contributed by atoms with Gasteiger partial charge in [-0.1, -0.05) is 44.5 Å². The molecule has 0 aliphatic carbocycles. The van der Waals surface area contributed by atoms with Crippen molar-refractivity contribution in [3.05, 3.63) is 59.1 Å². The molecule has 0 heterocycles. The third kappa shape index (κ3) is 5.26. The third-order valence-corrected chi connectivity index (χ3v) is 6.80. The summed E-state index contributed by atoms with van der Waals surface area (Å²) in [5.41, 5.74) is 0.975. The highest BCUT2D eigenvalue weighted by molar-refractivity contribution is 7.91. The van der Waals surface area contributed by atoms with Gasteiger partial charge < -0.3 is 10.2 Å². The van der Waals surface area contributed by atoms with E-state index < -0.39 is 20.5 Å². The Kier molecular flexibility index (Phi) is 6.78. The molecule has 0 unspecified atom stereocenters. The summed E-state index contributed by atoms with van der Waals surface area (Å²) in [6.45, 7) is 5.35. The molecular weight excluding hydrogens is 396 g/mol. The molecule has 0 fully saturated rings. The Bertz CT molecular complexity index is 916. The number of rotatable bonds is 6. The predicted molar refractivity (Wildman–Crippen MR) is 115 cm³/mol. The first-order chi connectivity index (χ1) is 12.9. The lowest BCUT2D eigenvalue weighted by Crippen LogP contribution is -2.38. The van der Waals surface area contributed by atoms with E-state index in [9.17, 15) is 13.2 Å². The van der Waals surface area contributed by atoms with Crippen LogP contribution in [0, 0.1) is 5.41 Å². The van der Waals surface area contributed by atoms with E-state index in [2.05, 4.69) is 5.32 Å². The monoisotopic (exact) mass is 422 g/mol. The molecule has 2 aromatic rings. The molecule has 0 radical (unpaired) electrons. The Morgan fingerprint density at radius 3 is 2.04 bits per heavy atom. The average molecular weight is 423 g/mol. The van der Waals surface area contributed by atoms with E-state index in [0.717, 1.165) is 5.69 Å². The molecule has 0 saturated heterocycles. The van der Waals surface area contributed by atoms with Crippen molar-refractivity contribution < 1.29 is 13.2 Å². The van der Waals surface area contributed by atoms with Crippen LogP contribution in [-0.4, -0.2) is 35.0 Å². The summed E-state index contributed by atoms with van der Waals surface area (Å²) in [7, 11) is 0.102. The van der Waals surface area contributed by atoms with Crippen LogP contribution < -0.4 is 10.2 Å². The van der Waals surface area contributed by atoms with Crippen LogP contribution in [-0.2, 0) is 14.6 Å². The second-order valence-electron chi connectivity index (χ2n) is 7.93. The highest BCUT2D eigenvalue weighted by Gasteiger charge is 2.31. The fourth-order valence-electron chi connectivity index (χ4n) is 2.63. The van der Waals surface area contributed by atoms with Crippen LogP contribution in [0.15, 0.2) is 53.4 Å². The summed E-state index contributed by atoms with van der Waals surface area (Å²) in [6.07, 6.45) is 0. The van der Waals surface area contributed by atoms with Gasteiger partial charge in [-0.15, -0.1) is 0 Å². The molecule has 0 saturated carbocycles. The smallest absolute Gasteiger partial charge is 0.225 e. The highest BCUT2D eigenvalue weighted by Crippen LogP contribution is 2.30. The molecule has 7 heteroatoms. The number of nitrogens with zero attached hydrogens (tertiary/aromatic N) is 1. The SMILES string of the molecule is CN(C)c1ccc([C@@H](CNC(=O)C(C)(C)C)S(=O)(=O)c2ccc(Cl)cc2)cc1. The van der Waals surface area contributed by atoms with Crippen LogP contribution in [0.25, 0.3) is 0 Å². The standard InChI is InChI=1S/C21H27ClN2O3S/c1-21(2,3)20(25)23-14-19(15-6-10-17(11-7-15)24(4)5)28(26,27)18-12-8-16(22)9-13-18/h6-13,19H,14H2,1-5H3,(H,23,25)/t19-/m1/s1. The maximum Gasteiger partial charge on any atom is 0.225 e. The molecule has 0 aliphatic rings. The first-order valence-corrected chi connectivity index (χ1v) is 10.9. The van der Waals surface area contributed by atoms with E-state index in [1.54, 1.807) is 45.0 Å². The molecule has 0 spiro atoms. The summed E-state index contributed by atoms with van der Waals surface area (Å²) in [5.74, 6) is -0.200. The van der Waals surface area contributed by atoms with Crippen LogP contribution in [0.5, 0.6) is 0 Å². The molecule has 1 N–H and O–H groups in total. The minimum atomic E-state index is -3.73. The van der Waals surface area contributed by atoms with E-state index in [-0.39, 0.29) is 17.3 Å². The quantitative estimate of drug-likeness (QED) is 0.761. The van der Waals surface area contributed by atoms with Gasteiger partial charge in [0.15, 0.2) is 9.84 Å².